The van der Waals surface area contributed by atoms with Crippen molar-refractivity contribution in [2.45, 2.75) is 38.8 Å². The molecule has 1 rings (SSSR count). The molecule has 0 saturated carbocycles. The molecule has 5 nitrogen and oxygen atoms in total. The van der Waals surface area contributed by atoms with Crippen molar-refractivity contribution < 1.29 is 19.3 Å². The molecule has 0 radical (unpaired) electrons. The first-order valence-electron chi connectivity index (χ1n) is 7.24. The van der Waals surface area contributed by atoms with E-state index in [4.69, 9.17) is 19.3 Å². The van der Waals surface area contributed by atoms with E-state index >= 15 is 0 Å². The second kappa shape index (κ2) is 8.74. The lowest BCUT2D eigenvalue weighted by Gasteiger charge is -2.22. The van der Waals surface area contributed by atoms with Crippen LogP contribution in [0.15, 0.2) is 12.1 Å². The summed E-state index contributed by atoms with van der Waals surface area (Å²) in [5.41, 5.74) is 1.07. The van der Waals surface area contributed by atoms with Gasteiger partial charge in [0.25, 0.3) is 0 Å². The maximum Gasteiger partial charge on any atom is 0.203 e. The Hall–Kier alpha value is -1.46. The molecule has 0 aliphatic heterocycles. The fourth-order valence-corrected chi connectivity index (χ4v) is 2.36. The molecule has 0 aliphatic rings. The third kappa shape index (κ3) is 4.79. The molecule has 0 spiro atoms. The van der Waals surface area contributed by atoms with Gasteiger partial charge in [0.2, 0.25) is 5.75 Å². The van der Waals surface area contributed by atoms with Crippen LogP contribution in [0.4, 0.5) is 0 Å². The number of hydrogen-bond acceptors (Lipinski definition) is 5. The summed E-state index contributed by atoms with van der Waals surface area (Å²) < 4.78 is 16.1. The molecule has 0 amide bonds. The van der Waals surface area contributed by atoms with Gasteiger partial charge in [0.15, 0.2) is 11.5 Å². The van der Waals surface area contributed by atoms with Crippen molar-refractivity contribution in [2.75, 3.05) is 27.9 Å². The second-order valence-corrected chi connectivity index (χ2v) is 5.11. The third-order valence-corrected chi connectivity index (χ3v) is 3.52. The van der Waals surface area contributed by atoms with Gasteiger partial charge < -0.3 is 24.6 Å². The number of nitrogens with one attached hydrogen (secondary N) is 1. The molecule has 1 aromatic rings. The van der Waals surface area contributed by atoms with Crippen LogP contribution in [0.3, 0.4) is 0 Å². The Morgan fingerprint density at radius 3 is 2.05 bits per heavy atom. The molecule has 21 heavy (non-hydrogen) atoms. The number of rotatable bonds is 9. The average molecular weight is 297 g/mol. The molecule has 2 N–H and O–H groups in total. The first kappa shape index (κ1) is 17.6. The van der Waals surface area contributed by atoms with Gasteiger partial charge in [0, 0.05) is 18.7 Å². The van der Waals surface area contributed by atoms with Crippen LogP contribution in [0.2, 0.25) is 0 Å². The molecule has 0 bridgehead atoms. The first-order valence-corrected chi connectivity index (χ1v) is 7.24. The van der Waals surface area contributed by atoms with Gasteiger partial charge in [-0.2, -0.15) is 0 Å². The van der Waals surface area contributed by atoms with E-state index in [0.717, 1.165) is 18.4 Å². The summed E-state index contributed by atoms with van der Waals surface area (Å²) in [4.78, 5) is 0. The molecule has 120 valence electrons. The number of aliphatic hydroxyl groups is 1. The molecular weight excluding hydrogens is 270 g/mol. The highest BCUT2D eigenvalue weighted by atomic mass is 16.5. The number of methoxy groups -OCH3 is 3. The van der Waals surface area contributed by atoms with Crippen LogP contribution in [-0.2, 0) is 0 Å². The molecule has 5 heteroatoms. The molecule has 0 heterocycles. The number of aliphatic hydroxyl groups excluding tert-OH is 1. The SMILES string of the molecule is COc1cc(C(C)NC(C)CCCO)cc(OC)c1OC. The smallest absolute Gasteiger partial charge is 0.203 e. The number of ether oxygens (including phenoxy) is 3. The highest BCUT2D eigenvalue weighted by Crippen LogP contribution is 2.39. The maximum atomic E-state index is 8.89. The Labute approximate surface area is 127 Å². The molecule has 0 fully saturated rings. The summed E-state index contributed by atoms with van der Waals surface area (Å²) in [6, 6.07) is 4.38. The Kier molecular flexibility index (Phi) is 7.32. The van der Waals surface area contributed by atoms with Crippen LogP contribution in [0.1, 0.15) is 38.3 Å². The van der Waals surface area contributed by atoms with E-state index in [9.17, 15) is 0 Å². The minimum atomic E-state index is 0.146. The van der Waals surface area contributed by atoms with Crippen LogP contribution in [0, 0.1) is 0 Å². The zero-order chi connectivity index (χ0) is 15.8. The monoisotopic (exact) mass is 297 g/mol. The quantitative estimate of drug-likeness (QED) is 0.733. The van der Waals surface area contributed by atoms with Crippen LogP contribution < -0.4 is 19.5 Å². The Bertz CT molecular complexity index is 411. The van der Waals surface area contributed by atoms with Gasteiger partial charge in [-0.25, -0.2) is 0 Å². The van der Waals surface area contributed by atoms with Crippen LogP contribution >= 0.6 is 0 Å². The Morgan fingerprint density at radius 1 is 1.05 bits per heavy atom. The Balaban J connectivity index is 2.91. The first-order chi connectivity index (χ1) is 10.1. The molecule has 1 aromatic carbocycles. The molecule has 0 aromatic heterocycles. The van der Waals surface area contributed by atoms with E-state index in [0.29, 0.717) is 23.3 Å². The largest absolute Gasteiger partial charge is 0.493 e. The van der Waals surface area contributed by atoms with Gasteiger partial charge in [-0.1, -0.05) is 0 Å². The van der Waals surface area contributed by atoms with Crippen LogP contribution in [-0.4, -0.2) is 39.1 Å². The van der Waals surface area contributed by atoms with Gasteiger partial charge in [0.1, 0.15) is 0 Å². The van der Waals surface area contributed by atoms with Crippen molar-refractivity contribution >= 4 is 0 Å². The third-order valence-electron chi connectivity index (χ3n) is 3.52. The lowest BCUT2D eigenvalue weighted by atomic mass is 10.0. The number of hydrogen-bond donors (Lipinski definition) is 2. The summed E-state index contributed by atoms with van der Waals surface area (Å²) in [7, 11) is 4.82. The van der Waals surface area contributed by atoms with Crippen molar-refractivity contribution in [3.63, 3.8) is 0 Å². The van der Waals surface area contributed by atoms with E-state index in [-0.39, 0.29) is 12.6 Å². The van der Waals surface area contributed by atoms with Crippen molar-refractivity contribution in [3.8, 4) is 17.2 Å². The normalized spacial score (nSPS) is 13.6. The fourth-order valence-electron chi connectivity index (χ4n) is 2.36. The van der Waals surface area contributed by atoms with Crippen LogP contribution in [0.25, 0.3) is 0 Å². The van der Waals surface area contributed by atoms with Gasteiger partial charge >= 0.3 is 0 Å². The average Bonchev–Trinajstić information content (AvgIpc) is 2.51. The van der Waals surface area contributed by atoms with Crippen LogP contribution in [0.5, 0.6) is 17.2 Å². The minimum absolute atomic E-state index is 0.146. The topological polar surface area (TPSA) is 60.0 Å². The van der Waals surface area contributed by atoms with Crippen molar-refractivity contribution in [2.24, 2.45) is 0 Å². The molecule has 2 unspecified atom stereocenters. The highest BCUT2D eigenvalue weighted by Gasteiger charge is 2.17. The molecule has 0 saturated heterocycles. The molecular formula is C16H27NO4. The predicted octanol–water partition coefficient (Wildman–Crippen LogP) is 2.52. The Morgan fingerprint density at radius 2 is 1.62 bits per heavy atom. The van der Waals surface area contributed by atoms with E-state index in [2.05, 4.69) is 19.2 Å². The number of benzene rings is 1. The van der Waals surface area contributed by atoms with E-state index in [1.165, 1.54) is 0 Å². The zero-order valence-corrected chi connectivity index (χ0v) is 13.6. The summed E-state index contributed by atoms with van der Waals surface area (Å²) >= 11 is 0. The lowest BCUT2D eigenvalue weighted by Crippen LogP contribution is -2.29. The van der Waals surface area contributed by atoms with Gasteiger partial charge in [-0.05, 0) is 44.4 Å². The summed E-state index contributed by atoms with van der Waals surface area (Å²) in [5, 5.41) is 12.4. The van der Waals surface area contributed by atoms with Gasteiger partial charge in [-0.15, -0.1) is 0 Å². The van der Waals surface area contributed by atoms with Gasteiger partial charge in [0.05, 0.1) is 21.3 Å². The fraction of sp³-hybridized carbons (Fsp3) is 0.625. The molecule has 0 aliphatic carbocycles. The van der Waals surface area contributed by atoms with Crippen molar-refractivity contribution in [3.05, 3.63) is 17.7 Å². The lowest BCUT2D eigenvalue weighted by molar-refractivity contribution is 0.274. The maximum absolute atomic E-state index is 8.89. The summed E-state index contributed by atoms with van der Waals surface area (Å²) in [6.07, 6.45) is 1.74. The van der Waals surface area contributed by atoms with E-state index in [1.807, 2.05) is 12.1 Å². The predicted molar refractivity (Wildman–Crippen MR) is 83.4 cm³/mol. The van der Waals surface area contributed by atoms with E-state index < -0.39 is 0 Å². The summed E-state index contributed by atoms with van der Waals surface area (Å²) in [6.45, 7) is 4.44. The zero-order valence-electron chi connectivity index (χ0n) is 13.6. The molecule has 2 atom stereocenters. The van der Waals surface area contributed by atoms with E-state index in [1.54, 1.807) is 21.3 Å². The minimum Gasteiger partial charge on any atom is -0.493 e. The summed E-state index contributed by atoms with van der Waals surface area (Å²) in [5.74, 6) is 1.91. The van der Waals surface area contributed by atoms with Crippen molar-refractivity contribution in [1.82, 2.24) is 5.32 Å². The second-order valence-electron chi connectivity index (χ2n) is 5.11. The van der Waals surface area contributed by atoms with Crippen molar-refractivity contribution in [1.29, 1.82) is 0 Å². The standard InChI is InChI=1S/C16H27NO4/c1-11(7-6-8-18)17-12(2)13-9-14(19-3)16(21-5)15(10-13)20-4/h9-12,17-18H,6-8H2,1-5H3. The highest BCUT2D eigenvalue weighted by molar-refractivity contribution is 5.54. The van der Waals surface area contributed by atoms with Gasteiger partial charge in [-0.3, -0.25) is 0 Å².